The molecule has 0 aromatic carbocycles. The van der Waals surface area contributed by atoms with Gasteiger partial charge in [-0.05, 0) is 20.3 Å². The van der Waals surface area contributed by atoms with Gasteiger partial charge in [-0.2, -0.15) is 0 Å². The van der Waals surface area contributed by atoms with E-state index in [9.17, 15) is 9.59 Å². The minimum atomic E-state index is -0.505. The number of hydrogen-bond donors (Lipinski definition) is 2. The minimum absolute atomic E-state index is 0.0949. The fourth-order valence-electron chi connectivity index (χ4n) is 2.36. The molecule has 19 heavy (non-hydrogen) atoms. The number of allylic oxidation sites excluding steroid dienone is 2. The Morgan fingerprint density at radius 1 is 1.37 bits per heavy atom. The molecule has 2 heterocycles. The van der Waals surface area contributed by atoms with Crippen molar-refractivity contribution in [3.8, 4) is 0 Å². The summed E-state index contributed by atoms with van der Waals surface area (Å²) >= 11 is 0. The smallest absolute Gasteiger partial charge is 0.307 e. The number of H-pyrrole nitrogens is 2. The van der Waals surface area contributed by atoms with Crippen molar-refractivity contribution in [2.75, 3.05) is 0 Å². The monoisotopic (exact) mass is 262 g/mol. The Balaban J connectivity index is 2.74. The molecule has 1 atom stereocenters. The summed E-state index contributed by atoms with van der Waals surface area (Å²) < 4.78 is 1.91. The Bertz CT molecular complexity index is 720. The second kappa shape index (κ2) is 5.26. The van der Waals surface area contributed by atoms with Gasteiger partial charge in [-0.3, -0.25) is 14.8 Å². The first-order chi connectivity index (χ1) is 9.08. The Kier molecular flexibility index (Phi) is 3.69. The summed E-state index contributed by atoms with van der Waals surface area (Å²) in [6.07, 6.45) is 5.95. The lowest BCUT2D eigenvalue weighted by Gasteiger charge is -2.16. The topological polar surface area (TPSA) is 83.5 Å². The van der Waals surface area contributed by atoms with Gasteiger partial charge in [0.25, 0.3) is 5.56 Å². The van der Waals surface area contributed by atoms with E-state index in [1.165, 1.54) is 0 Å². The summed E-state index contributed by atoms with van der Waals surface area (Å²) in [5.41, 5.74) is -0.184. The molecular weight excluding hydrogens is 244 g/mol. The molecule has 0 saturated carbocycles. The second-order valence-electron chi connectivity index (χ2n) is 4.52. The van der Waals surface area contributed by atoms with Crippen molar-refractivity contribution in [1.29, 1.82) is 0 Å². The van der Waals surface area contributed by atoms with E-state index in [0.29, 0.717) is 5.65 Å². The molecule has 0 aliphatic heterocycles. The number of fused-ring (bicyclic) bond motifs is 1. The predicted octanol–water partition coefficient (Wildman–Crippen LogP) is 1.64. The highest BCUT2D eigenvalue weighted by molar-refractivity contribution is 5.70. The quantitative estimate of drug-likeness (QED) is 0.821. The van der Waals surface area contributed by atoms with Crippen LogP contribution in [0.3, 0.4) is 0 Å². The highest BCUT2D eigenvalue weighted by Gasteiger charge is 2.17. The lowest BCUT2D eigenvalue weighted by molar-refractivity contribution is 0.546. The summed E-state index contributed by atoms with van der Waals surface area (Å²) in [7, 11) is 0. The van der Waals surface area contributed by atoms with Crippen molar-refractivity contribution in [2.45, 2.75) is 39.7 Å². The third-order valence-electron chi connectivity index (χ3n) is 3.09. The number of hydrogen-bond acceptors (Lipinski definition) is 3. The SMILES string of the molecule is CC=CC(CCC)n1c(C)nc2c(=O)[nH]c(=O)[nH]c21. The molecule has 2 aromatic rings. The molecule has 0 spiro atoms. The molecule has 0 aliphatic rings. The van der Waals surface area contributed by atoms with Gasteiger partial charge in [-0.25, -0.2) is 9.78 Å². The first-order valence-electron chi connectivity index (χ1n) is 6.42. The van der Waals surface area contributed by atoms with Crippen LogP contribution in [0.25, 0.3) is 11.2 Å². The normalized spacial score (nSPS) is 13.4. The molecule has 0 radical (unpaired) electrons. The predicted molar refractivity (Wildman–Crippen MR) is 74.5 cm³/mol. The van der Waals surface area contributed by atoms with Gasteiger partial charge in [0.15, 0.2) is 5.52 Å². The Labute approximate surface area is 110 Å². The van der Waals surface area contributed by atoms with Crippen LogP contribution in [0.4, 0.5) is 0 Å². The van der Waals surface area contributed by atoms with Crippen LogP contribution < -0.4 is 11.2 Å². The van der Waals surface area contributed by atoms with E-state index < -0.39 is 11.2 Å². The maximum atomic E-state index is 11.7. The van der Waals surface area contributed by atoms with Crippen molar-refractivity contribution < 1.29 is 0 Å². The van der Waals surface area contributed by atoms with Crippen LogP contribution in [0.5, 0.6) is 0 Å². The number of aromatic amines is 2. The summed E-state index contributed by atoms with van der Waals surface area (Å²) in [5.74, 6) is 0.721. The lowest BCUT2D eigenvalue weighted by Crippen LogP contribution is -2.23. The van der Waals surface area contributed by atoms with Gasteiger partial charge < -0.3 is 4.57 Å². The Morgan fingerprint density at radius 2 is 2.11 bits per heavy atom. The molecule has 6 heteroatoms. The third-order valence-corrected chi connectivity index (χ3v) is 3.09. The average Bonchev–Trinajstić information content (AvgIpc) is 2.66. The second-order valence-corrected chi connectivity index (χ2v) is 4.52. The Hall–Kier alpha value is -2.11. The summed E-state index contributed by atoms with van der Waals surface area (Å²) in [6.45, 7) is 5.89. The zero-order valence-corrected chi connectivity index (χ0v) is 11.4. The lowest BCUT2D eigenvalue weighted by atomic mass is 10.1. The molecule has 2 rings (SSSR count). The number of aryl methyl sites for hydroxylation is 1. The largest absolute Gasteiger partial charge is 0.327 e. The van der Waals surface area contributed by atoms with Crippen LogP contribution in [0, 0.1) is 6.92 Å². The highest BCUT2D eigenvalue weighted by atomic mass is 16.2. The summed E-state index contributed by atoms with van der Waals surface area (Å²) in [6, 6.07) is 0.0949. The molecule has 0 fully saturated rings. The van der Waals surface area contributed by atoms with Gasteiger partial charge >= 0.3 is 5.69 Å². The van der Waals surface area contributed by atoms with E-state index in [2.05, 4.69) is 28.0 Å². The fourth-order valence-corrected chi connectivity index (χ4v) is 2.36. The molecular formula is C13H18N4O2. The number of aromatic nitrogens is 4. The molecule has 0 saturated heterocycles. The molecule has 6 nitrogen and oxygen atoms in total. The number of nitrogens with zero attached hydrogens (tertiary/aromatic N) is 2. The standard InChI is InChI=1S/C13H18N4O2/c1-4-6-9(7-5-2)17-8(3)14-10-11(17)15-13(19)16-12(10)18/h4,6,9H,5,7H2,1-3H3,(H2,15,16,18,19). The first-order valence-corrected chi connectivity index (χ1v) is 6.42. The van der Waals surface area contributed by atoms with Crippen molar-refractivity contribution in [3.63, 3.8) is 0 Å². The molecule has 2 N–H and O–H groups in total. The minimum Gasteiger partial charge on any atom is -0.307 e. The zero-order chi connectivity index (χ0) is 14.0. The third kappa shape index (κ3) is 2.38. The van der Waals surface area contributed by atoms with Crippen molar-refractivity contribution in [2.24, 2.45) is 0 Å². The van der Waals surface area contributed by atoms with Crippen molar-refractivity contribution in [1.82, 2.24) is 19.5 Å². The van der Waals surface area contributed by atoms with Crippen molar-refractivity contribution >= 4 is 11.2 Å². The van der Waals surface area contributed by atoms with E-state index in [-0.39, 0.29) is 11.6 Å². The van der Waals surface area contributed by atoms with Gasteiger partial charge in [0.1, 0.15) is 11.5 Å². The fraction of sp³-hybridized carbons (Fsp3) is 0.462. The van der Waals surface area contributed by atoms with Crippen LogP contribution in [-0.4, -0.2) is 19.5 Å². The van der Waals surface area contributed by atoms with E-state index >= 15 is 0 Å². The maximum absolute atomic E-state index is 11.7. The molecule has 0 aliphatic carbocycles. The van der Waals surface area contributed by atoms with Gasteiger partial charge in [0.2, 0.25) is 0 Å². The molecule has 2 aromatic heterocycles. The molecule has 0 amide bonds. The number of imidazole rings is 1. The van der Waals surface area contributed by atoms with Gasteiger partial charge in [0.05, 0.1) is 6.04 Å². The van der Waals surface area contributed by atoms with Crippen LogP contribution in [0.2, 0.25) is 0 Å². The Morgan fingerprint density at radius 3 is 2.74 bits per heavy atom. The van der Waals surface area contributed by atoms with E-state index in [1.807, 2.05) is 24.5 Å². The summed E-state index contributed by atoms with van der Waals surface area (Å²) in [4.78, 5) is 32.3. The first kappa shape index (κ1) is 13.3. The van der Waals surface area contributed by atoms with Crippen LogP contribution in [-0.2, 0) is 0 Å². The van der Waals surface area contributed by atoms with Crippen LogP contribution in [0.15, 0.2) is 21.7 Å². The maximum Gasteiger partial charge on any atom is 0.327 e. The van der Waals surface area contributed by atoms with Crippen molar-refractivity contribution in [3.05, 3.63) is 38.8 Å². The molecule has 102 valence electrons. The van der Waals surface area contributed by atoms with Gasteiger partial charge in [-0.15, -0.1) is 0 Å². The molecule has 0 bridgehead atoms. The number of rotatable bonds is 4. The van der Waals surface area contributed by atoms with Gasteiger partial charge in [-0.1, -0.05) is 25.5 Å². The zero-order valence-electron chi connectivity index (χ0n) is 11.4. The van der Waals surface area contributed by atoms with E-state index in [1.54, 1.807) is 0 Å². The number of nitrogens with one attached hydrogen (secondary N) is 2. The highest BCUT2D eigenvalue weighted by Crippen LogP contribution is 2.21. The van der Waals surface area contributed by atoms with E-state index in [0.717, 1.165) is 18.7 Å². The van der Waals surface area contributed by atoms with E-state index in [4.69, 9.17) is 0 Å². The summed E-state index contributed by atoms with van der Waals surface area (Å²) in [5, 5.41) is 0. The average molecular weight is 262 g/mol. The van der Waals surface area contributed by atoms with Crippen LogP contribution >= 0.6 is 0 Å². The van der Waals surface area contributed by atoms with Gasteiger partial charge in [0, 0.05) is 0 Å². The van der Waals surface area contributed by atoms with Crippen LogP contribution in [0.1, 0.15) is 38.6 Å². The molecule has 1 unspecified atom stereocenters.